The number of nitrogens with one attached hydrogen (secondary N) is 1. The molecular formula is C18H25N3O3. The van der Waals surface area contributed by atoms with Gasteiger partial charge in [0, 0.05) is 13.2 Å². The zero-order valence-electron chi connectivity index (χ0n) is 14.4. The van der Waals surface area contributed by atoms with Crippen molar-refractivity contribution in [1.82, 2.24) is 9.97 Å². The Balaban J connectivity index is 1.91. The van der Waals surface area contributed by atoms with Crippen molar-refractivity contribution in [1.29, 1.82) is 0 Å². The lowest BCUT2D eigenvalue weighted by Gasteiger charge is -2.37. The highest BCUT2D eigenvalue weighted by atomic mass is 16.3. The lowest BCUT2D eigenvalue weighted by Crippen LogP contribution is -2.33. The number of Topliss-reactive ketones (excluding diaryl/α,β-unsaturated/α-hetero) is 1. The number of hydrogen-bond acceptors (Lipinski definition) is 6. The third kappa shape index (κ3) is 3.15. The molecule has 0 spiro atoms. The van der Waals surface area contributed by atoms with Crippen molar-refractivity contribution in [3.05, 3.63) is 17.7 Å². The largest absolute Gasteiger partial charge is 0.442 e. The Kier molecular flexibility index (Phi) is 4.85. The van der Waals surface area contributed by atoms with Gasteiger partial charge in [0.2, 0.25) is 5.71 Å². The second kappa shape index (κ2) is 6.89. The summed E-state index contributed by atoms with van der Waals surface area (Å²) in [5, 5.41) is 13.5. The second-order valence-corrected chi connectivity index (χ2v) is 6.88. The molecule has 0 radical (unpaired) electrons. The predicted molar refractivity (Wildman–Crippen MR) is 92.3 cm³/mol. The zero-order valence-corrected chi connectivity index (χ0v) is 14.4. The van der Waals surface area contributed by atoms with Gasteiger partial charge in [-0.15, -0.1) is 0 Å². The Hall–Kier alpha value is -1.95. The monoisotopic (exact) mass is 331 g/mol. The summed E-state index contributed by atoms with van der Waals surface area (Å²) in [6.45, 7) is 4.24. The number of furan rings is 1. The minimum absolute atomic E-state index is 0.0492. The van der Waals surface area contributed by atoms with E-state index >= 15 is 0 Å². The fourth-order valence-corrected chi connectivity index (χ4v) is 3.93. The third-order valence-electron chi connectivity index (χ3n) is 5.20. The van der Waals surface area contributed by atoms with Crippen LogP contribution in [-0.2, 0) is 0 Å². The van der Waals surface area contributed by atoms with Crippen LogP contribution in [0.25, 0.3) is 11.1 Å². The number of aliphatic hydroxyl groups excluding tert-OH is 1. The van der Waals surface area contributed by atoms with Gasteiger partial charge in [0.15, 0.2) is 5.78 Å². The first kappa shape index (κ1) is 16.9. The number of aryl methyl sites for hydroxylation is 1. The lowest BCUT2D eigenvalue weighted by atomic mass is 9.72. The van der Waals surface area contributed by atoms with Crippen LogP contribution in [0.1, 0.15) is 61.6 Å². The Morgan fingerprint density at radius 2 is 2.08 bits per heavy atom. The molecule has 1 aliphatic rings. The number of aromatic nitrogens is 2. The average molecular weight is 331 g/mol. The van der Waals surface area contributed by atoms with Gasteiger partial charge in [-0.2, -0.15) is 0 Å². The molecule has 1 saturated carbocycles. The highest BCUT2D eigenvalue weighted by Gasteiger charge is 2.32. The van der Waals surface area contributed by atoms with Gasteiger partial charge in [0.1, 0.15) is 17.9 Å². The van der Waals surface area contributed by atoms with E-state index in [0.717, 1.165) is 25.8 Å². The molecule has 2 aromatic rings. The maximum Gasteiger partial charge on any atom is 0.232 e. The summed E-state index contributed by atoms with van der Waals surface area (Å²) in [5.74, 6) is 1.17. The predicted octanol–water partition coefficient (Wildman–Crippen LogP) is 3.48. The molecule has 0 atom stereocenters. The molecule has 2 aromatic heterocycles. The first-order valence-corrected chi connectivity index (χ1v) is 8.66. The van der Waals surface area contributed by atoms with Crippen LogP contribution in [0.4, 0.5) is 5.82 Å². The topological polar surface area (TPSA) is 88.2 Å². The van der Waals surface area contributed by atoms with Gasteiger partial charge in [-0.25, -0.2) is 9.97 Å². The first-order chi connectivity index (χ1) is 11.6. The molecule has 2 N–H and O–H groups in total. The highest BCUT2D eigenvalue weighted by Crippen LogP contribution is 2.40. The van der Waals surface area contributed by atoms with Crippen molar-refractivity contribution in [3.63, 3.8) is 0 Å². The SMILES string of the molecule is CC(=O)c1c(C)oc2ncnc(NCC3(CCO)CCCCC3)c12. The summed E-state index contributed by atoms with van der Waals surface area (Å²) < 4.78 is 5.61. The van der Waals surface area contributed by atoms with Gasteiger partial charge >= 0.3 is 0 Å². The zero-order chi connectivity index (χ0) is 17.2. The number of anilines is 1. The molecule has 3 rings (SSSR count). The number of nitrogens with zero attached hydrogens (tertiary/aromatic N) is 2. The minimum atomic E-state index is -0.0492. The number of fused-ring (bicyclic) bond motifs is 1. The van der Waals surface area contributed by atoms with E-state index in [1.54, 1.807) is 6.92 Å². The Labute approximate surface area is 141 Å². The van der Waals surface area contributed by atoms with E-state index in [-0.39, 0.29) is 17.8 Å². The molecule has 0 amide bonds. The normalized spacial score (nSPS) is 17.1. The maximum absolute atomic E-state index is 12.0. The van der Waals surface area contributed by atoms with Crippen molar-refractivity contribution in [2.24, 2.45) is 5.41 Å². The standard InChI is InChI=1S/C18H25N3O3/c1-12(23)14-13(2)24-17-15(14)16(20-11-21-17)19-10-18(8-9-22)6-4-3-5-7-18/h11,22H,3-10H2,1-2H3,(H,19,20,21). The van der Waals surface area contributed by atoms with E-state index < -0.39 is 0 Å². The highest BCUT2D eigenvalue weighted by molar-refractivity contribution is 6.09. The number of aliphatic hydroxyl groups is 1. The molecule has 0 saturated heterocycles. The van der Waals surface area contributed by atoms with Crippen molar-refractivity contribution in [3.8, 4) is 0 Å². The fourth-order valence-electron chi connectivity index (χ4n) is 3.93. The van der Waals surface area contributed by atoms with E-state index in [2.05, 4.69) is 15.3 Å². The summed E-state index contributed by atoms with van der Waals surface area (Å²) >= 11 is 0. The van der Waals surface area contributed by atoms with Crippen molar-refractivity contribution >= 4 is 22.7 Å². The van der Waals surface area contributed by atoms with Crippen LogP contribution in [0.3, 0.4) is 0 Å². The molecule has 24 heavy (non-hydrogen) atoms. The lowest BCUT2D eigenvalue weighted by molar-refractivity contribution is 0.101. The van der Waals surface area contributed by atoms with E-state index in [9.17, 15) is 9.90 Å². The van der Waals surface area contributed by atoms with Gasteiger partial charge in [0.25, 0.3) is 0 Å². The summed E-state index contributed by atoms with van der Waals surface area (Å²) in [7, 11) is 0. The van der Waals surface area contributed by atoms with Crippen LogP contribution >= 0.6 is 0 Å². The van der Waals surface area contributed by atoms with Gasteiger partial charge < -0.3 is 14.8 Å². The average Bonchev–Trinajstić information content (AvgIpc) is 2.90. The van der Waals surface area contributed by atoms with E-state index in [4.69, 9.17) is 4.42 Å². The Bertz CT molecular complexity index is 727. The number of carbonyl (C=O) groups is 1. The summed E-state index contributed by atoms with van der Waals surface area (Å²) in [5.41, 5.74) is 1.09. The molecule has 6 nitrogen and oxygen atoms in total. The van der Waals surface area contributed by atoms with Gasteiger partial charge in [-0.05, 0) is 38.5 Å². The molecule has 130 valence electrons. The second-order valence-electron chi connectivity index (χ2n) is 6.88. The van der Waals surface area contributed by atoms with Gasteiger partial charge in [-0.3, -0.25) is 4.79 Å². The molecule has 1 fully saturated rings. The number of ketones is 1. The number of rotatable bonds is 6. The van der Waals surface area contributed by atoms with E-state index in [1.165, 1.54) is 32.5 Å². The van der Waals surface area contributed by atoms with Gasteiger partial charge in [-0.1, -0.05) is 19.3 Å². The molecule has 6 heteroatoms. The summed E-state index contributed by atoms with van der Waals surface area (Å²) in [4.78, 5) is 20.5. The van der Waals surface area contributed by atoms with Crippen molar-refractivity contribution < 1.29 is 14.3 Å². The van der Waals surface area contributed by atoms with Crippen LogP contribution in [0.2, 0.25) is 0 Å². The summed E-state index contributed by atoms with van der Waals surface area (Å²) in [6.07, 6.45) is 8.13. The molecule has 1 aliphatic carbocycles. The van der Waals surface area contributed by atoms with E-state index in [0.29, 0.717) is 28.2 Å². The van der Waals surface area contributed by atoms with Crippen LogP contribution in [0.5, 0.6) is 0 Å². The van der Waals surface area contributed by atoms with Crippen LogP contribution in [0.15, 0.2) is 10.7 Å². The third-order valence-corrected chi connectivity index (χ3v) is 5.20. The molecule has 0 aliphatic heterocycles. The summed E-state index contributed by atoms with van der Waals surface area (Å²) in [6, 6.07) is 0. The smallest absolute Gasteiger partial charge is 0.232 e. The van der Waals surface area contributed by atoms with Crippen LogP contribution in [-0.4, -0.2) is 34.0 Å². The van der Waals surface area contributed by atoms with E-state index in [1.807, 2.05) is 0 Å². The maximum atomic E-state index is 12.0. The molecule has 0 unspecified atom stereocenters. The Morgan fingerprint density at radius 3 is 2.75 bits per heavy atom. The quantitative estimate of drug-likeness (QED) is 0.788. The van der Waals surface area contributed by atoms with Crippen molar-refractivity contribution in [2.45, 2.75) is 52.4 Å². The van der Waals surface area contributed by atoms with Crippen LogP contribution < -0.4 is 5.32 Å². The van der Waals surface area contributed by atoms with Gasteiger partial charge in [0.05, 0.1) is 10.9 Å². The molecule has 0 aromatic carbocycles. The molecule has 0 bridgehead atoms. The fraction of sp³-hybridized carbons (Fsp3) is 0.611. The minimum Gasteiger partial charge on any atom is -0.442 e. The number of carbonyl (C=O) groups excluding carboxylic acids is 1. The molecular weight excluding hydrogens is 306 g/mol. The van der Waals surface area contributed by atoms with Crippen molar-refractivity contribution in [2.75, 3.05) is 18.5 Å². The van der Waals surface area contributed by atoms with Crippen LogP contribution in [0, 0.1) is 12.3 Å². The first-order valence-electron chi connectivity index (χ1n) is 8.66. The number of hydrogen-bond donors (Lipinski definition) is 2. The molecule has 2 heterocycles. The Morgan fingerprint density at radius 1 is 1.33 bits per heavy atom.